The maximum absolute atomic E-state index is 5.41. The van der Waals surface area contributed by atoms with E-state index in [1.54, 1.807) is 7.11 Å². The highest BCUT2D eigenvalue weighted by Gasteiger charge is 1.93. The van der Waals surface area contributed by atoms with Gasteiger partial charge in [-0.15, -0.1) is 0 Å². The predicted molar refractivity (Wildman–Crippen MR) is 69.6 cm³/mol. The fourth-order valence-electron chi connectivity index (χ4n) is 1.16. The molecule has 104 valence electrons. The van der Waals surface area contributed by atoms with E-state index in [9.17, 15) is 0 Å². The third kappa shape index (κ3) is 13.7. The molecule has 0 saturated carbocycles. The van der Waals surface area contributed by atoms with E-state index >= 15 is 0 Å². The van der Waals surface area contributed by atoms with Crippen molar-refractivity contribution in [2.24, 2.45) is 0 Å². The van der Waals surface area contributed by atoms with Crippen molar-refractivity contribution in [3.8, 4) is 0 Å². The summed E-state index contributed by atoms with van der Waals surface area (Å²) in [7, 11) is 3.79. The zero-order valence-electron chi connectivity index (χ0n) is 11.5. The van der Waals surface area contributed by atoms with Gasteiger partial charge in [0.1, 0.15) is 0 Å². The predicted octanol–water partition coefficient (Wildman–Crippen LogP) is 0.207. The molecule has 5 nitrogen and oxygen atoms in total. The van der Waals surface area contributed by atoms with E-state index in [4.69, 9.17) is 14.2 Å². The molecule has 0 aromatic rings. The minimum absolute atomic E-state index is 0.640. The van der Waals surface area contributed by atoms with Crippen LogP contribution in [-0.2, 0) is 14.2 Å². The van der Waals surface area contributed by atoms with Crippen LogP contribution in [0.1, 0.15) is 6.92 Å². The van der Waals surface area contributed by atoms with Gasteiger partial charge in [-0.25, -0.2) is 0 Å². The fourth-order valence-corrected chi connectivity index (χ4v) is 1.16. The molecule has 1 N–H and O–H groups in total. The molecule has 0 aliphatic carbocycles. The van der Waals surface area contributed by atoms with Crippen LogP contribution < -0.4 is 5.32 Å². The third-order valence-corrected chi connectivity index (χ3v) is 2.44. The molecule has 0 radical (unpaired) electrons. The number of nitrogens with zero attached hydrogens (tertiary/aromatic N) is 1. The Bertz CT molecular complexity index is 148. The Morgan fingerprint density at radius 2 is 1.59 bits per heavy atom. The van der Waals surface area contributed by atoms with Crippen LogP contribution in [0.4, 0.5) is 0 Å². The van der Waals surface area contributed by atoms with Gasteiger partial charge in [0.2, 0.25) is 0 Å². The summed E-state index contributed by atoms with van der Waals surface area (Å²) in [6.45, 7) is 9.56. The van der Waals surface area contributed by atoms with Crippen LogP contribution in [0.3, 0.4) is 0 Å². The molecule has 0 rings (SSSR count). The molecule has 0 atom stereocenters. The normalized spacial score (nSPS) is 11.3. The van der Waals surface area contributed by atoms with Crippen molar-refractivity contribution in [1.29, 1.82) is 0 Å². The van der Waals surface area contributed by atoms with Crippen molar-refractivity contribution in [3.63, 3.8) is 0 Å². The molecule has 0 fully saturated rings. The minimum atomic E-state index is 0.640. The zero-order chi connectivity index (χ0) is 12.8. The lowest BCUT2D eigenvalue weighted by Crippen LogP contribution is -2.31. The van der Waals surface area contributed by atoms with Crippen molar-refractivity contribution < 1.29 is 14.2 Å². The fraction of sp³-hybridized carbons (Fsp3) is 1.00. The van der Waals surface area contributed by atoms with E-state index in [0.717, 1.165) is 32.8 Å². The molecule has 0 aliphatic rings. The molecule has 5 heteroatoms. The average molecular weight is 248 g/mol. The Labute approximate surface area is 105 Å². The van der Waals surface area contributed by atoms with Gasteiger partial charge in [-0.05, 0) is 13.6 Å². The van der Waals surface area contributed by atoms with E-state index in [-0.39, 0.29) is 0 Å². The molecular weight excluding hydrogens is 220 g/mol. The summed E-state index contributed by atoms with van der Waals surface area (Å²) in [4.78, 5) is 2.28. The van der Waals surface area contributed by atoms with Crippen LogP contribution in [0.25, 0.3) is 0 Å². The topological polar surface area (TPSA) is 43.0 Å². The quantitative estimate of drug-likeness (QED) is 0.472. The third-order valence-electron chi connectivity index (χ3n) is 2.44. The van der Waals surface area contributed by atoms with Gasteiger partial charge in [0.05, 0.1) is 33.0 Å². The number of rotatable bonds is 13. The van der Waals surface area contributed by atoms with Crippen LogP contribution in [0, 0.1) is 0 Å². The molecule has 17 heavy (non-hydrogen) atoms. The van der Waals surface area contributed by atoms with Crippen molar-refractivity contribution in [2.75, 3.05) is 73.4 Å². The van der Waals surface area contributed by atoms with Gasteiger partial charge in [0, 0.05) is 26.7 Å². The lowest BCUT2D eigenvalue weighted by atomic mass is 10.5. The van der Waals surface area contributed by atoms with E-state index in [2.05, 4.69) is 24.2 Å². The highest BCUT2D eigenvalue weighted by molar-refractivity contribution is 4.52. The first-order chi connectivity index (χ1) is 8.31. The highest BCUT2D eigenvalue weighted by atomic mass is 16.5. The summed E-state index contributed by atoms with van der Waals surface area (Å²) in [6, 6.07) is 0. The number of nitrogens with one attached hydrogen (secondary N) is 1. The van der Waals surface area contributed by atoms with Crippen LogP contribution in [0.2, 0.25) is 0 Å². The van der Waals surface area contributed by atoms with Gasteiger partial charge < -0.3 is 24.4 Å². The Balaban J connectivity index is 2.94. The van der Waals surface area contributed by atoms with Gasteiger partial charge in [0.15, 0.2) is 0 Å². The maximum atomic E-state index is 5.41. The number of ether oxygens (including phenoxy) is 3. The Morgan fingerprint density at radius 1 is 0.941 bits per heavy atom. The first kappa shape index (κ1) is 16.8. The minimum Gasteiger partial charge on any atom is -0.382 e. The Hall–Kier alpha value is -0.200. The van der Waals surface area contributed by atoms with Crippen molar-refractivity contribution in [3.05, 3.63) is 0 Å². The summed E-state index contributed by atoms with van der Waals surface area (Å²) in [5.41, 5.74) is 0. The summed E-state index contributed by atoms with van der Waals surface area (Å²) >= 11 is 0. The summed E-state index contributed by atoms with van der Waals surface area (Å²) in [5, 5.41) is 3.33. The lowest BCUT2D eigenvalue weighted by Gasteiger charge is -2.13. The molecule has 0 spiro atoms. The lowest BCUT2D eigenvalue weighted by molar-refractivity contribution is 0.0255. The van der Waals surface area contributed by atoms with Gasteiger partial charge >= 0.3 is 0 Å². The second-order valence-electron chi connectivity index (χ2n) is 3.86. The smallest absolute Gasteiger partial charge is 0.0701 e. The highest BCUT2D eigenvalue weighted by Crippen LogP contribution is 1.80. The SMILES string of the molecule is CCN(C)CCNCCOCCOCCOC. The van der Waals surface area contributed by atoms with Crippen LogP contribution in [-0.4, -0.2) is 78.3 Å². The largest absolute Gasteiger partial charge is 0.382 e. The molecule has 0 unspecified atom stereocenters. The van der Waals surface area contributed by atoms with Gasteiger partial charge in [0.25, 0.3) is 0 Å². The average Bonchev–Trinajstić information content (AvgIpc) is 2.35. The number of likely N-dealkylation sites (N-methyl/N-ethyl adjacent to an activating group) is 1. The Kier molecular flexibility index (Phi) is 13.7. The summed E-state index contributed by atoms with van der Waals surface area (Å²) in [5.74, 6) is 0. The van der Waals surface area contributed by atoms with E-state index in [1.165, 1.54) is 0 Å². The molecule has 0 aromatic carbocycles. The van der Waals surface area contributed by atoms with Crippen molar-refractivity contribution >= 4 is 0 Å². The maximum Gasteiger partial charge on any atom is 0.0701 e. The van der Waals surface area contributed by atoms with Crippen LogP contribution in [0.5, 0.6) is 0 Å². The molecular formula is C12H28N2O3. The van der Waals surface area contributed by atoms with Gasteiger partial charge in [-0.1, -0.05) is 6.92 Å². The number of hydrogen-bond acceptors (Lipinski definition) is 5. The Morgan fingerprint density at radius 3 is 2.24 bits per heavy atom. The number of methoxy groups -OCH3 is 1. The summed E-state index contributed by atoms with van der Waals surface area (Å²) in [6.07, 6.45) is 0. The van der Waals surface area contributed by atoms with Crippen molar-refractivity contribution in [2.45, 2.75) is 6.92 Å². The monoisotopic (exact) mass is 248 g/mol. The molecule has 0 aromatic heterocycles. The molecule has 0 saturated heterocycles. The van der Waals surface area contributed by atoms with Crippen LogP contribution in [0.15, 0.2) is 0 Å². The van der Waals surface area contributed by atoms with E-state index < -0.39 is 0 Å². The van der Waals surface area contributed by atoms with Gasteiger partial charge in [-0.2, -0.15) is 0 Å². The van der Waals surface area contributed by atoms with E-state index in [1.807, 2.05) is 0 Å². The first-order valence-corrected chi connectivity index (χ1v) is 6.35. The molecule has 0 heterocycles. The summed E-state index contributed by atoms with van der Waals surface area (Å²) < 4.78 is 15.5. The first-order valence-electron chi connectivity index (χ1n) is 6.35. The number of hydrogen-bond donors (Lipinski definition) is 1. The van der Waals surface area contributed by atoms with E-state index in [0.29, 0.717) is 26.4 Å². The van der Waals surface area contributed by atoms with Crippen molar-refractivity contribution in [1.82, 2.24) is 10.2 Å². The molecule has 0 amide bonds. The molecule has 0 bridgehead atoms. The van der Waals surface area contributed by atoms with Gasteiger partial charge in [-0.3, -0.25) is 0 Å². The second kappa shape index (κ2) is 13.9. The zero-order valence-corrected chi connectivity index (χ0v) is 11.5. The second-order valence-corrected chi connectivity index (χ2v) is 3.86. The molecule has 0 aliphatic heterocycles. The standard InChI is InChI=1S/C12H28N2O3/c1-4-14(2)7-5-13-6-8-16-11-12-17-10-9-15-3/h13H,4-12H2,1-3H3. The van der Waals surface area contributed by atoms with Crippen LogP contribution >= 0.6 is 0 Å².